The van der Waals surface area contributed by atoms with Gasteiger partial charge in [-0.15, -0.1) is 0 Å². The van der Waals surface area contributed by atoms with Crippen molar-refractivity contribution >= 4 is 15.9 Å². The third-order valence-corrected chi connectivity index (χ3v) is 3.98. The Labute approximate surface area is 126 Å². The summed E-state index contributed by atoms with van der Waals surface area (Å²) >= 11 is 3.60. The summed E-state index contributed by atoms with van der Waals surface area (Å²) in [6.07, 6.45) is 0.572. The van der Waals surface area contributed by atoms with Crippen molar-refractivity contribution in [3.05, 3.63) is 59.4 Å². The van der Waals surface area contributed by atoms with Crippen molar-refractivity contribution in [3.8, 4) is 11.5 Å². The van der Waals surface area contributed by atoms with Gasteiger partial charge in [-0.3, -0.25) is 0 Å². The van der Waals surface area contributed by atoms with Gasteiger partial charge in [0.2, 0.25) is 0 Å². The zero-order valence-corrected chi connectivity index (χ0v) is 13.0. The normalized spacial score (nSPS) is 12.0. The second-order valence-electron chi connectivity index (χ2n) is 4.38. The molecule has 0 aliphatic rings. The number of alkyl halides is 1. The third-order valence-electron chi connectivity index (χ3n) is 3.13. The molecular weight excluding hydrogens is 323 g/mol. The molecule has 1 unspecified atom stereocenters. The Bertz CT molecular complexity index is 586. The Balaban J connectivity index is 2.21. The highest BCUT2D eigenvalue weighted by Gasteiger charge is 2.14. The van der Waals surface area contributed by atoms with E-state index in [0.717, 1.165) is 5.56 Å². The summed E-state index contributed by atoms with van der Waals surface area (Å²) in [5.74, 6) is 1.17. The van der Waals surface area contributed by atoms with Crippen molar-refractivity contribution in [2.45, 2.75) is 11.2 Å². The van der Waals surface area contributed by atoms with Crippen LogP contribution in [-0.2, 0) is 6.42 Å². The van der Waals surface area contributed by atoms with Gasteiger partial charge in [-0.2, -0.15) is 0 Å². The SMILES string of the molecule is COc1ccc(C(Br)Cc2ccccc2F)cc1OC. The minimum atomic E-state index is -0.183. The van der Waals surface area contributed by atoms with Gasteiger partial charge in [0, 0.05) is 4.83 Å². The maximum atomic E-state index is 13.7. The molecule has 2 rings (SSSR count). The quantitative estimate of drug-likeness (QED) is 0.746. The van der Waals surface area contributed by atoms with Gasteiger partial charge in [-0.1, -0.05) is 40.2 Å². The molecule has 0 saturated heterocycles. The molecule has 0 amide bonds. The standard InChI is InChI=1S/C16H16BrFO2/c1-19-15-8-7-11(10-16(15)20-2)13(17)9-12-5-3-4-6-14(12)18/h3-8,10,13H,9H2,1-2H3. The Morgan fingerprint density at radius 1 is 1.05 bits per heavy atom. The largest absolute Gasteiger partial charge is 0.493 e. The van der Waals surface area contributed by atoms with Gasteiger partial charge in [0.15, 0.2) is 11.5 Å². The van der Waals surface area contributed by atoms with Crippen LogP contribution in [0, 0.1) is 5.82 Å². The first-order chi connectivity index (χ1) is 9.65. The zero-order valence-electron chi connectivity index (χ0n) is 11.4. The van der Waals surface area contributed by atoms with Crippen molar-refractivity contribution in [3.63, 3.8) is 0 Å². The lowest BCUT2D eigenvalue weighted by Gasteiger charge is -2.14. The number of halogens is 2. The molecule has 2 nitrogen and oxygen atoms in total. The van der Waals surface area contributed by atoms with E-state index < -0.39 is 0 Å². The van der Waals surface area contributed by atoms with Crippen LogP contribution in [0.4, 0.5) is 4.39 Å². The summed E-state index contributed by atoms with van der Waals surface area (Å²) < 4.78 is 24.2. The van der Waals surface area contributed by atoms with Crippen LogP contribution in [0.1, 0.15) is 16.0 Å². The Morgan fingerprint density at radius 3 is 2.40 bits per heavy atom. The molecule has 0 heterocycles. The van der Waals surface area contributed by atoms with Crippen molar-refractivity contribution < 1.29 is 13.9 Å². The molecule has 0 aliphatic heterocycles. The highest BCUT2D eigenvalue weighted by molar-refractivity contribution is 9.09. The molecule has 2 aromatic rings. The van der Waals surface area contributed by atoms with E-state index in [0.29, 0.717) is 23.5 Å². The molecule has 1 atom stereocenters. The smallest absolute Gasteiger partial charge is 0.161 e. The summed E-state index contributed by atoms with van der Waals surface area (Å²) in [5.41, 5.74) is 1.70. The molecule has 2 aromatic carbocycles. The summed E-state index contributed by atoms with van der Waals surface area (Å²) in [6.45, 7) is 0. The molecule has 0 bridgehead atoms. The molecule has 0 aliphatic carbocycles. The first-order valence-electron chi connectivity index (χ1n) is 6.25. The maximum Gasteiger partial charge on any atom is 0.161 e. The number of hydrogen-bond acceptors (Lipinski definition) is 2. The van der Waals surface area contributed by atoms with Crippen LogP contribution in [0.25, 0.3) is 0 Å². The first-order valence-corrected chi connectivity index (χ1v) is 7.16. The van der Waals surface area contributed by atoms with E-state index in [-0.39, 0.29) is 10.6 Å². The number of methoxy groups -OCH3 is 2. The molecule has 0 fully saturated rings. The van der Waals surface area contributed by atoms with Crippen LogP contribution in [-0.4, -0.2) is 14.2 Å². The predicted molar refractivity (Wildman–Crippen MR) is 81.3 cm³/mol. The fraction of sp³-hybridized carbons (Fsp3) is 0.250. The van der Waals surface area contributed by atoms with Gasteiger partial charge in [-0.05, 0) is 35.7 Å². The maximum absolute atomic E-state index is 13.7. The Hall–Kier alpha value is -1.55. The van der Waals surface area contributed by atoms with E-state index in [4.69, 9.17) is 9.47 Å². The monoisotopic (exact) mass is 338 g/mol. The number of hydrogen-bond donors (Lipinski definition) is 0. The summed E-state index contributed by atoms with van der Waals surface area (Å²) in [7, 11) is 3.20. The Kier molecular flexibility index (Phi) is 5.01. The molecule has 0 N–H and O–H groups in total. The van der Waals surface area contributed by atoms with E-state index in [2.05, 4.69) is 15.9 Å². The van der Waals surface area contributed by atoms with E-state index in [1.807, 2.05) is 24.3 Å². The second-order valence-corrected chi connectivity index (χ2v) is 5.48. The van der Waals surface area contributed by atoms with Crippen LogP contribution in [0.3, 0.4) is 0 Å². The fourth-order valence-corrected chi connectivity index (χ4v) is 2.66. The Morgan fingerprint density at radius 2 is 1.75 bits per heavy atom. The molecule has 4 heteroatoms. The molecule has 0 saturated carbocycles. The van der Waals surface area contributed by atoms with Crippen molar-refractivity contribution in [2.24, 2.45) is 0 Å². The average Bonchev–Trinajstić information content (AvgIpc) is 2.48. The van der Waals surface area contributed by atoms with E-state index in [9.17, 15) is 4.39 Å². The molecule has 20 heavy (non-hydrogen) atoms. The second kappa shape index (κ2) is 6.75. The topological polar surface area (TPSA) is 18.5 Å². The van der Waals surface area contributed by atoms with Gasteiger partial charge < -0.3 is 9.47 Å². The molecule has 0 radical (unpaired) electrons. The van der Waals surface area contributed by atoms with Gasteiger partial charge in [0.1, 0.15) is 5.82 Å². The minimum absolute atomic E-state index is 0.0132. The third kappa shape index (κ3) is 3.31. The highest BCUT2D eigenvalue weighted by Crippen LogP contribution is 2.34. The number of benzene rings is 2. The molecule has 0 spiro atoms. The zero-order chi connectivity index (χ0) is 14.5. The van der Waals surface area contributed by atoms with Gasteiger partial charge in [0.25, 0.3) is 0 Å². The lowest BCUT2D eigenvalue weighted by molar-refractivity contribution is 0.354. The fourth-order valence-electron chi connectivity index (χ4n) is 2.02. The van der Waals surface area contributed by atoms with Crippen LogP contribution < -0.4 is 9.47 Å². The van der Waals surface area contributed by atoms with E-state index >= 15 is 0 Å². The highest BCUT2D eigenvalue weighted by atomic mass is 79.9. The number of ether oxygens (including phenoxy) is 2. The lowest BCUT2D eigenvalue weighted by atomic mass is 10.0. The van der Waals surface area contributed by atoms with Crippen LogP contribution in [0.2, 0.25) is 0 Å². The van der Waals surface area contributed by atoms with Gasteiger partial charge >= 0.3 is 0 Å². The molecular formula is C16H16BrFO2. The summed E-state index contributed by atoms with van der Waals surface area (Å²) in [6, 6.07) is 12.5. The predicted octanol–water partition coefficient (Wildman–Crippen LogP) is 4.52. The van der Waals surface area contributed by atoms with Gasteiger partial charge in [0.05, 0.1) is 14.2 Å². The van der Waals surface area contributed by atoms with Crippen LogP contribution >= 0.6 is 15.9 Å². The molecule has 0 aromatic heterocycles. The van der Waals surface area contributed by atoms with Gasteiger partial charge in [-0.25, -0.2) is 4.39 Å². The lowest BCUT2D eigenvalue weighted by Crippen LogP contribution is -1.99. The summed E-state index contributed by atoms with van der Waals surface area (Å²) in [5, 5.41) is 0. The number of rotatable bonds is 5. The average molecular weight is 339 g/mol. The van der Waals surface area contributed by atoms with Crippen LogP contribution in [0.5, 0.6) is 11.5 Å². The van der Waals surface area contributed by atoms with Crippen LogP contribution in [0.15, 0.2) is 42.5 Å². The van der Waals surface area contributed by atoms with Crippen molar-refractivity contribution in [1.82, 2.24) is 0 Å². The molecule has 106 valence electrons. The minimum Gasteiger partial charge on any atom is -0.493 e. The van der Waals surface area contributed by atoms with Crippen molar-refractivity contribution in [2.75, 3.05) is 14.2 Å². The summed E-state index contributed by atoms with van der Waals surface area (Å²) in [4.78, 5) is 0.0132. The van der Waals surface area contributed by atoms with Crippen molar-refractivity contribution in [1.29, 1.82) is 0 Å². The van der Waals surface area contributed by atoms with E-state index in [1.165, 1.54) is 6.07 Å². The first kappa shape index (κ1) is 14.9. The van der Waals surface area contributed by atoms with E-state index in [1.54, 1.807) is 26.4 Å².